The normalized spacial score (nSPS) is 8.00. The summed E-state index contributed by atoms with van der Waals surface area (Å²) in [5.74, 6) is 0.834. The number of halogens is 1. The van der Waals surface area contributed by atoms with Gasteiger partial charge in [0, 0.05) is 0 Å². The summed E-state index contributed by atoms with van der Waals surface area (Å²) in [7, 11) is 0. The first-order chi connectivity index (χ1) is 5.33. The quantitative estimate of drug-likeness (QED) is 0.696. The van der Waals surface area contributed by atoms with Crippen LogP contribution < -0.4 is 3.83 Å². The average molecular weight is 217 g/mol. The van der Waals surface area contributed by atoms with E-state index in [2.05, 4.69) is 16.3 Å². The highest BCUT2D eigenvalue weighted by molar-refractivity contribution is 9.06. The van der Waals surface area contributed by atoms with E-state index in [1.807, 2.05) is 45.0 Å². The van der Waals surface area contributed by atoms with E-state index in [0.29, 0.717) is 0 Å². The Morgan fingerprint density at radius 1 is 1.09 bits per heavy atom. The van der Waals surface area contributed by atoms with Gasteiger partial charge in [-0.25, -0.2) is 0 Å². The van der Waals surface area contributed by atoms with Gasteiger partial charge in [0.15, 0.2) is 16.3 Å². The smallest absolute Gasteiger partial charge is 0.179 e. The van der Waals surface area contributed by atoms with Crippen molar-refractivity contribution in [3.8, 4) is 5.75 Å². The molecule has 0 amide bonds. The third-order valence-electron chi connectivity index (χ3n) is 1.11. The van der Waals surface area contributed by atoms with E-state index in [4.69, 9.17) is 3.83 Å². The summed E-state index contributed by atoms with van der Waals surface area (Å²) in [5, 5.41) is 0. The van der Waals surface area contributed by atoms with E-state index in [9.17, 15) is 0 Å². The molecule has 0 aliphatic heterocycles. The minimum absolute atomic E-state index is 0.834. The zero-order valence-corrected chi connectivity index (χ0v) is 8.68. The molecule has 0 spiro atoms. The molecule has 0 aliphatic carbocycles. The Balaban J connectivity index is 0.000000461. The van der Waals surface area contributed by atoms with Crippen LogP contribution in [0.2, 0.25) is 0 Å². The third kappa shape index (κ3) is 4.04. The summed E-state index contributed by atoms with van der Waals surface area (Å²) in [6.45, 7) is 6.04. The molecule has 0 N–H and O–H groups in total. The van der Waals surface area contributed by atoms with Gasteiger partial charge >= 0.3 is 0 Å². The average Bonchev–Trinajstić information content (AvgIpc) is 2.10. The largest absolute Gasteiger partial charge is 0.418 e. The van der Waals surface area contributed by atoms with Crippen LogP contribution in [0.15, 0.2) is 24.3 Å². The molecule has 0 heterocycles. The molecule has 1 nitrogen and oxygen atoms in total. The second-order valence-corrected chi connectivity index (χ2v) is 2.21. The van der Waals surface area contributed by atoms with Gasteiger partial charge in [-0.05, 0) is 19.1 Å². The van der Waals surface area contributed by atoms with Crippen molar-refractivity contribution < 1.29 is 3.83 Å². The van der Waals surface area contributed by atoms with Gasteiger partial charge in [-0.1, -0.05) is 31.5 Å². The fourth-order valence-electron chi connectivity index (χ4n) is 0.590. The Bertz CT molecular complexity index is 181. The van der Waals surface area contributed by atoms with Crippen LogP contribution in [0, 0.1) is 6.92 Å². The van der Waals surface area contributed by atoms with Crippen molar-refractivity contribution in [2.45, 2.75) is 20.8 Å². The Morgan fingerprint density at radius 3 is 1.91 bits per heavy atom. The summed E-state index contributed by atoms with van der Waals surface area (Å²) in [4.78, 5) is 0. The lowest BCUT2D eigenvalue weighted by Gasteiger charge is -1.94. The van der Waals surface area contributed by atoms with E-state index < -0.39 is 0 Å². The van der Waals surface area contributed by atoms with Crippen LogP contribution in [-0.2, 0) is 0 Å². The number of benzene rings is 1. The Labute approximate surface area is 76.8 Å². The highest BCUT2D eigenvalue weighted by Gasteiger charge is 1.87. The lowest BCUT2D eigenvalue weighted by atomic mass is 10.2. The molecule has 0 aromatic heterocycles. The van der Waals surface area contributed by atoms with Crippen LogP contribution in [-0.4, -0.2) is 0 Å². The SMILES string of the molecule is CC.Cc1ccc(OBr)cc1. The molecule has 11 heavy (non-hydrogen) atoms. The van der Waals surface area contributed by atoms with Crippen LogP contribution in [0.4, 0.5) is 0 Å². The van der Waals surface area contributed by atoms with Crippen molar-refractivity contribution in [3.63, 3.8) is 0 Å². The zero-order valence-electron chi connectivity index (χ0n) is 7.10. The van der Waals surface area contributed by atoms with Gasteiger partial charge in [0.25, 0.3) is 0 Å². The van der Waals surface area contributed by atoms with Crippen molar-refractivity contribution in [3.05, 3.63) is 29.8 Å². The molecule has 2 heteroatoms. The van der Waals surface area contributed by atoms with Crippen LogP contribution >= 0.6 is 16.3 Å². The molecule has 0 aliphatic rings. The minimum atomic E-state index is 0.834. The molecule has 0 unspecified atom stereocenters. The Morgan fingerprint density at radius 2 is 1.55 bits per heavy atom. The second kappa shape index (κ2) is 6.23. The fourth-order valence-corrected chi connectivity index (χ4v) is 0.806. The van der Waals surface area contributed by atoms with Gasteiger partial charge in [-0.3, -0.25) is 0 Å². The standard InChI is InChI=1S/C7H7BrO.C2H6/c1-6-2-4-7(9-8)5-3-6;1-2/h2-5H,1H3;1-2H3. The predicted molar refractivity (Wildman–Crippen MR) is 52.1 cm³/mol. The van der Waals surface area contributed by atoms with Gasteiger partial charge in [-0.15, -0.1) is 0 Å². The molecule has 1 rings (SSSR count). The van der Waals surface area contributed by atoms with Crippen LogP contribution in [0.5, 0.6) is 5.75 Å². The topological polar surface area (TPSA) is 9.23 Å². The monoisotopic (exact) mass is 216 g/mol. The summed E-state index contributed by atoms with van der Waals surface area (Å²) in [5.41, 5.74) is 1.24. The van der Waals surface area contributed by atoms with Gasteiger partial charge in [-0.2, -0.15) is 0 Å². The molecule has 62 valence electrons. The highest BCUT2D eigenvalue weighted by Crippen LogP contribution is 2.12. The van der Waals surface area contributed by atoms with E-state index in [-0.39, 0.29) is 0 Å². The fraction of sp³-hybridized carbons (Fsp3) is 0.333. The Kier molecular flexibility index (Phi) is 5.94. The highest BCUT2D eigenvalue weighted by atomic mass is 79.9. The second-order valence-electron chi connectivity index (χ2n) is 1.89. The third-order valence-corrected chi connectivity index (χ3v) is 1.48. The summed E-state index contributed by atoms with van der Waals surface area (Å²) >= 11 is 2.88. The van der Waals surface area contributed by atoms with E-state index in [1.165, 1.54) is 5.56 Å². The maximum absolute atomic E-state index is 4.78. The zero-order chi connectivity index (χ0) is 8.69. The van der Waals surface area contributed by atoms with Crippen LogP contribution in [0.1, 0.15) is 19.4 Å². The van der Waals surface area contributed by atoms with Gasteiger partial charge in [0.2, 0.25) is 0 Å². The summed E-state index contributed by atoms with van der Waals surface area (Å²) in [6.07, 6.45) is 0. The van der Waals surface area contributed by atoms with Gasteiger partial charge < -0.3 is 3.83 Å². The van der Waals surface area contributed by atoms with E-state index in [0.717, 1.165) is 5.75 Å². The number of aryl methyl sites for hydroxylation is 1. The first kappa shape index (κ1) is 10.5. The maximum atomic E-state index is 4.78. The lowest BCUT2D eigenvalue weighted by Crippen LogP contribution is -1.73. The summed E-state index contributed by atoms with van der Waals surface area (Å²) < 4.78 is 4.78. The van der Waals surface area contributed by atoms with Gasteiger partial charge in [0.1, 0.15) is 5.75 Å². The lowest BCUT2D eigenvalue weighted by molar-refractivity contribution is 0.678. The molecule has 1 aromatic rings. The molecule has 1 aromatic carbocycles. The van der Waals surface area contributed by atoms with Gasteiger partial charge in [0.05, 0.1) is 0 Å². The number of hydrogen-bond acceptors (Lipinski definition) is 1. The first-order valence-corrected chi connectivity index (χ1v) is 4.33. The molecule has 0 saturated carbocycles. The van der Waals surface area contributed by atoms with Crippen molar-refractivity contribution in [1.82, 2.24) is 0 Å². The van der Waals surface area contributed by atoms with Crippen molar-refractivity contribution >= 4 is 16.3 Å². The minimum Gasteiger partial charge on any atom is -0.418 e. The molecule has 0 atom stereocenters. The van der Waals surface area contributed by atoms with E-state index >= 15 is 0 Å². The van der Waals surface area contributed by atoms with Crippen LogP contribution in [0.25, 0.3) is 0 Å². The van der Waals surface area contributed by atoms with E-state index in [1.54, 1.807) is 0 Å². The molecular formula is C9H13BrO. The molecule has 0 bridgehead atoms. The summed E-state index contributed by atoms with van der Waals surface area (Å²) in [6, 6.07) is 7.81. The van der Waals surface area contributed by atoms with Crippen molar-refractivity contribution in [2.24, 2.45) is 0 Å². The molecular weight excluding hydrogens is 204 g/mol. The molecule has 0 radical (unpaired) electrons. The maximum Gasteiger partial charge on any atom is 0.179 e. The Hall–Kier alpha value is -0.500. The van der Waals surface area contributed by atoms with Crippen LogP contribution in [0.3, 0.4) is 0 Å². The number of rotatable bonds is 1. The molecule has 0 fully saturated rings. The predicted octanol–water partition coefficient (Wildman–Crippen LogP) is 3.71. The first-order valence-electron chi connectivity index (χ1n) is 3.68. The van der Waals surface area contributed by atoms with Crippen molar-refractivity contribution in [2.75, 3.05) is 0 Å². The van der Waals surface area contributed by atoms with Crippen molar-refractivity contribution in [1.29, 1.82) is 0 Å². The number of hydrogen-bond donors (Lipinski definition) is 0. The molecule has 0 saturated heterocycles.